The Morgan fingerprint density at radius 2 is 2.00 bits per heavy atom. The molecule has 1 aromatic carbocycles. The molecule has 2 saturated carbocycles. The van der Waals surface area contributed by atoms with Crippen LogP contribution in [0.15, 0.2) is 12.1 Å². The summed E-state index contributed by atoms with van der Waals surface area (Å²) in [6.07, 6.45) is 4.00. The summed E-state index contributed by atoms with van der Waals surface area (Å²) in [5.74, 6) is -0.259. The van der Waals surface area contributed by atoms with Crippen LogP contribution in [-0.4, -0.2) is 17.9 Å². The van der Waals surface area contributed by atoms with Crippen LogP contribution in [0.4, 0.5) is 15.8 Å². The summed E-state index contributed by atoms with van der Waals surface area (Å²) >= 11 is 0. The molecule has 0 radical (unpaired) electrons. The SMILES string of the molecule is Cl.NC1C2CCC(C2)C1C(=O)Nc1cc2c(cc1F)CCC(=O)N2. The highest BCUT2D eigenvalue weighted by molar-refractivity contribution is 5.97. The van der Waals surface area contributed by atoms with Gasteiger partial charge in [-0.05, 0) is 55.2 Å². The van der Waals surface area contributed by atoms with Gasteiger partial charge in [-0.3, -0.25) is 9.59 Å². The van der Waals surface area contributed by atoms with Gasteiger partial charge in [0, 0.05) is 18.2 Å². The number of anilines is 2. The van der Waals surface area contributed by atoms with Crippen LogP contribution in [0.2, 0.25) is 0 Å². The largest absolute Gasteiger partial charge is 0.327 e. The third-order valence-corrected chi connectivity index (χ3v) is 5.63. The van der Waals surface area contributed by atoms with Crippen LogP contribution in [0.5, 0.6) is 0 Å². The first-order valence-corrected chi connectivity index (χ1v) is 8.21. The molecular weight excluding hydrogens is 333 g/mol. The van der Waals surface area contributed by atoms with Gasteiger partial charge in [-0.25, -0.2) is 4.39 Å². The number of halogens is 2. The second-order valence-electron chi connectivity index (χ2n) is 6.96. The molecule has 3 aliphatic rings. The Morgan fingerprint density at radius 3 is 2.71 bits per heavy atom. The van der Waals surface area contributed by atoms with E-state index in [1.165, 1.54) is 12.1 Å². The molecule has 0 aromatic heterocycles. The molecule has 7 heteroatoms. The second-order valence-corrected chi connectivity index (χ2v) is 6.96. The van der Waals surface area contributed by atoms with Crippen LogP contribution in [0.1, 0.15) is 31.2 Å². The summed E-state index contributed by atoms with van der Waals surface area (Å²) < 4.78 is 14.2. The molecule has 0 saturated heterocycles. The van der Waals surface area contributed by atoms with Gasteiger partial charge in [0.2, 0.25) is 11.8 Å². The van der Waals surface area contributed by atoms with Gasteiger partial charge in [-0.15, -0.1) is 12.4 Å². The lowest BCUT2D eigenvalue weighted by molar-refractivity contribution is -0.121. The monoisotopic (exact) mass is 353 g/mol. The fourth-order valence-electron chi connectivity index (χ4n) is 4.44. The molecule has 0 spiro atoms. The van der Waals surface area contributed by atoms with Crippen LogP contribution in [0, 0.1) is 23.6 Å². The van der Waals surface area contributed by atoms with Gasteiger partial charge in [0.15, 0.2) is 0 Å². The Labute approximate surface area is 146 Å². The molecule has 2 bridgehead atoms. The quantitative estimate of drug-likeness (QED) is 0.763. The Hall–Kier alpha value is -1.66. The van der Waals surface area contributed by atoms with E-state index < -0.39 is 5.82 Å². The summed E-state index contributed by atoms with van der Waals surface area (Å²) in [7, 11) is 0. The molecule has 1 heterocycles. The van der Waals surface area contributed by atoms with Crippen molar-refractivity contribution >= 4 is 35.6 Å². The maximum Gasteiger partial charge on any atom is 0.229 e. The minimum atomic E-state index is -0.468. The lowest BCUT2D eigenvalue weighted by Crippen LogP contribution is -2.42. The Kier molecular flexibility index (Phi) is 4.53. The van der Waals surface area contributed by atoms with Gasteiger partial charge < -0.3 is 16.4 Å². The zero-order valence-electron chi connectivity index (χ0n) is 13.2. The average molecular weight is 354 g/mol. The van der Waals surface area contributed by atoms with Crippen molar-refractivity contribution in [3.05, 3.63) is 23.5 Å². The molecule has 2 fully saturated rings. The van der Waals surface area contributed by atoms with Crippen molar-refractivity contribution in [1.29, 1.82) is 0 Å². The predicted molar refractivity (Wildman–Crippen MR) is 91.5 cm³/mol. The summed E-state index contributed by atoms with van der Waals surface area (Å²) in [6, 6.07) is 2.78. The number of carbonyl (C=O) groups is 2. The molecule has 4 rings (SSSR count). The Morgan fingerprint density at radius 1 is 1.25 bits per heavy atom. The van der Waals surface area contributed by atoms with E-state index in [1.54, 1.807) is 0 Å². The summed E-state index contributed by atoms with van der Waals surface area (Å²) in [5, 5.41) is 5.41. The highest BCUT2D eigenvalue weighted by atomic mass is 35.5. The Balaban J connectivity index is 0.00000169. The number of benzene rings is 1. The van der Waals surface area contributed by atoms with Gasteiger partial charge in [-0.2, -0.15) is 0 Å². The molecule has 1 aliphatic heterocycles. The number of amides is 2. The number of nitrogens with two attached hydrogens (primary N) is 1. The van der Waals surface area contributed by atoms with E-state index in [2.05, 4.69) is 10.6 Å². The number of aryl methyl sites for hydroxylation is 1. The average Bonchev–Trinajstić information content (AvgIpc) is 3.09. The van der Waals surface area contributed by atoms with E-state index in [4.69, 9.17) is 5.73 Å². The van der Waals surface area contributed by atoms with Crippen LogP contribution < -0.4 is 16.4 Å². The van der Waals surface area contributed by atoms with Crippen molar-refractivity contribution in [3.8, 4) is 0 Å². The number of carbonyl (C=O) groups excluding carboxylic acids is 2. The molecule has 130 valence electrons. The first-order chi connectivity index (χ1) is 11.0. The molecule has 4 N–H and O–H groups in total. The van der Waals surface area contributed by atoms with E-state index in [0.29, 0.717) is 30.4 Å². The topological polar surface area (TPSA) is 84.2 Å². The van der Waals surface area contributed by atoms with Crippen molar-refractivity contribution in [1.82, 2.24) is 0 Å². The summed E-state index contributed by atoms with van der Waals surface area (Å²) in [6.45, 7) is 0. The zero-order valence-corrected chi connectivity index (χ0v) is 14.0. The first kappa shape index (κ1) is 17.2. The van der Waals surface area contributed by atoms with Gasteiger partial charge in [0.25, 0.3) is 0 Å². The van der Waals surface area contributed by atoms with Crippen molar-refractivity contribution in [2.75, 3.05) is 10.6 Å². The van der Waals surface area contributed by atoms with Gasteiger partial charge in [0.1, 0.15) is 5.82 Å². The van der Waals surface area contributed by atoms with Crippen molar-refractivity contribution in [2.24, 2.45) is 23.5 Å². The standard InChI is InChI=1S/C17H20FN3O2.ClH/c18-11-6-8-3-4-14(22)20-12(8)7-13(11)21-17(23)15-9-1-2-10(5-9)16(15)19;/h6-7,9-10,15-16H,1-5,19H2,(H,20,22)(H,21,23);1H. The van der Waals surface area contributed by atoms with E-state index in [0.717, 1.165) is 24.8 Å². The van der Waals surface area contributed by atoms with E-state index in [9.17, 15) is 14.0 Å². The highest BCUT2D eigenvalue weighted by Crippen LogP contribution is 2.48. The molecule has 24 heavy (non-hydrogen) atoms. The van der Waals surface area contributed by atoms with Crippen molar-refractivity contribution < 1.29 is 14.0 Å². The van der Waals surface area contributed by atoms with Crippen molar-refractivity contribution in [2.45, 2.75) is 38.1 Å². The molecule has 2 aliphatic carbocycles. The van der Waals surface area contributed by atoms with Gasteiger partial charge in [0.05, 0.1) is 11.6 Å². The van der Waals surface area contributed by atoms with E-state index >= 15 is 0 Å². The van der Waals surface area contributed by atoms with Crippen LogP contribution >= 0.6 is 12.4 Å². The molecule has 5 nitrogen and oxygen atoms in total. The van der Waals surface area contributed by atoms with Crippen LogP contribution in [-0.2, 0) is 16.0 Å². The maximum absolute atomic E-state index is 14.2. The van der Waals surface area contributed by atoms with Gasteiger partial charge >= 0.3 is 0 Å². The van der Waals surface area contributed by atoms with E-state index in [-0.39, 0.29) is 41.9 Å². The molecular formula is C17H21ClFN3O2. The smallest absolute Gasteiger partial charge is 0.229 e. The summed E-state index contributed by atoms with van der Waals surface area (Å²) in [4.78, 5) is 24.0. The number of fused-ring (bicyclic) bond motifs is 3. The highest BCUT2D eigenvalue weighted by Gasteiger charge is 2.49. The molecule has 4 atom stereocenters. The fourth-order valence-corrected chi connectivity index (χ4v) is 4.44. The minimum Gasteiger partial charge on any atom is -0.327 e. The Bertz CT molecular complexity index is 695. The summed E-state index contributed by atoms with van der Waals surface area (Å²) in [5.41, 5.74) is 7.63. The lowest BCUT2D eigenvalue weighted by Gasteiger charge is -2.27. The van der Waals surface area contributed by atoms with Gasteiger partial charge in [-0.1, -0.05) is 0 Å². The lowest BCUT2D eigenvalue weighted by atomic mass is 9.84. The molecule has 1 aromatic rings. The zero-order chi connectivity index (χ0) is 16.1. The third-order valence-electron chi connectivity index (χ3n) is 5.63. The molecule has 2 amide bonds. The minimum absolute atomic E-state index is 0. The number of rotatable bonds is 2. The van der Waals surface area contributed by atoms with Crippen molar-refractivity contribution in [3.63, 3.8) is 0 Å². The normalized spacial score (nSPS) is 30.3. The number of nitrogens with one attached hydrogen (secondary N) is 2. The molecule has 4 unspecified atom stereocenters. The third kappa shape index (κ3) is 2.78. The fraction of sp³-hybridized carbons (Fsp3) is 0.529. The van der Waals surface area contributed by atoms with E-state index in [1.807, 2.05) is 0 Å². The maximum atomic E-state index is 14.2. The van der Waals surface area contributed by atoms with Crippen LogP contribution in [0.3, 0.4) is 0 Å². The predicted octanol–water partition coefficient (Wildman–Crippen LogP) is 2.44. The second kappa shape index (κ2) is 6.33. The first-order valence-electron chi connectivity index (χ1n) is 8.21. The number of hydrogen-bond donors (Lipinski definition) is 3. The number of hydrogen-bond acceptors (Lipinski definition) is 3. The van der Waals surface area contributed by atoms with Crippen LogP contribution in [0.25, 0.3) is 0 Å².